The molecule has 0 aliphatic carbocycles. The maximum absolute atomic E-state index is 8.99. The predicted molar refractivity (Wildman–Crippen MR) is 78.0 cm³/mol. The van der Waals surface area contributed by atoms with E-state index in [1.807, 2.05) is 0 Å². The molecule has 3 nitrogen and oxygen atoms in total. The maximum atomic E-state index is 8.99. The fourth-order valence-corrected chi connectivity index (χ4v) is 1.95. The van der Waals surface area contributed by atoms with Crippen molar-refractivity contribution in [3.05, 3.63) is 58.7 Å². The Labute approximate surface area is 119 Å². The molecule has 0 aromatic heterocycles. The zero-order valence-corrected chi connectivity index (χ0v) is 11.9. The van der Waals surface area contributed by atoms with Crippen molar-refractivity contribution in [2.75, 3.05) is 7.11 Å². The van der Waals surface area contributed by atoms with Crippen molar-refractivity contribution in [2.24, 2.45) is 0 Å². The topological polar surface area (TPSA) is 42.2 Å². The molecule has 0 amide bonds. The standard InChI is InChI=1S/C17H17NO2/c1-12-4-5-13(2)15(6-12)11-20-17-8-14(10-18)7-16(9-17)19-3/h4-9H,11H2,1-3H3. The van der Waals surface area contributed by atoms with E-state index in [0.29, 0.717) is 23.7 Å². The van der Waals surface area contributed by atoms with E-state index in [1.165, 1.54) is 11.1 Å². The molecule has 0 radical (unpaired) electrons. The van der Waals surface area contributed by atoms with Crippen molar-refractivity contribution in [3.63, 3.8) is 0 Å². The second kappa shape index (κ2) is 6.12. The number of hydrogen-bond acceptors (Lipinski definition) is 3. The van der Waals surface area contributed by atoms with Crippen molar-refractivity contribution < 1.29 is 9.47 Å². The lowest BCUT2D eigenvalue weighted by Gasteiger charge is -2.11. The first-order valence-electron chi connectivity index (χ1n) is 6.40. The first kappa shape index (κ1) is 14.0. The summed E-state index contributed by atoms with van der Waals surface area (Å²) in [5.74, 6) is 1.27. The summed E-state index contributed by atoms with van der Waals surface area (Å²) >= 11 is 0. The van der Waals surface area contributed by atoms with Crippen molar-refractivity contribution in [3.8, 4) is 17.6 Å². The van der Waals surface area contributed by atoms with Crippen molar-refractivity contribution in [1.82, 2.24) is 0 Å². The number of benzene rings is 2. The highest BCUT2D eigenvalue weighted by molar-refractivity contribution is 5.44. The SMILES string of the molecule is COc1cc(C#N)cc(OCc2cc(C)ccc2C)c1. The Kier molecular flexibility index (Phi) is 4.27. The van der Waals surface area contributed by atoms with E-state index >= 15 is 0 Å². The molecule has 0 aliphatic rings. The molecule has 0 saturated carbocycles. The number of methoxy groups -OCH3 is 1. The minimum Gasteiger partial charge on any atom is -0.497 e. The summed E-state index contributed by atoms with van der Waals surface area (Å²) in [5.41, 5.74) is 4.07. The summed E-state index contributed by atoms with van der Waals surface area (Å²) in [6.45, 7) is 4.60. The Morgan fingerprint density at radius 3 is 2.50 bits per heavy atom. The zero-order chi connectivity index (χ0) is 14.5. The number of hydrogen-bond donors (Lipinski definition) is 0. The minimum absolute atomic E-state index is 0.478. The van der Waals surface area contributed by atoms with Crippen LogP contribution in [0.2, 0.25) is 0 Å². The molecule has 2 rings (SSSR count). The average molecular weight is 267 g/mol. The zero-order valence-electron chi connectivity index (χ0n) is 11.9. The molecule has 0 heterocycles. The van der Waals surface area contributed by atoms with Gasteiger partial charge in [-0.2, -0.15) is 5.26 Å². The lowest BCUT2D eigenvalue weighted by Crippen LogP contribution is -1.99. The normalized spacial score (nSPS) is 9.90. The van der Waals surface area contributed by atoms with E-state index in [-0.39, 0.29) is 0 Å². The third-order valence-electron chi connectivity index (χ3n) is 3.14. The predicted octanol–water partition coefficient (Wildman–Crippen LogP) is 3.76. The lowest BCUT2D eigenvalue weighted by atomic mass is 10.1. The lowest BCUT2D eigenvalue weighted by molar-refractivity contribution is 0.302. The van der Waals surface area contributed by atoms with Gasteiger partial charge in [0.1, 0.15) is 18.1 Å². The van der Waals surface area contributed by atoms with Gasteiger partial charge in [0, 0.05) is 6.07 Å². The van der Waals surface area contributed by atoms with Gasteiger partial charge in [-0.25, -0.2) is 0 Å². The van der Waals surface area contributed by atoms with Gasteiger partial charge < -0.3 is 9.47 Å². The van der Waals surface area contributed by atoms with Crippen molar-refractivity contribution >= 4 is 0 Å². The first-order chi connectivity index (χ1) is 9.62. The monoisotopic (exact) mass is 267 g/mol. The summed E-state index contributed by atoms with van der Waals surface area (Å²) in [5, 5.41) is 8.99. The molecule has 0 fully saturated rings. The smallest absolute Gasteiger partial charge is 0.124 e. The largest absolute Gasteiger partial charge is 0.497 e. The second-order valence-corrected chi connectivity index (χ2v) is 4.73. The van der Waals surface area contributed by atoms with Crippen LogP contribution in [-0.2, 0) is 6.61 Å². The Morgan fingerprint density at radius 2 is 1.80 bits per heavy atom. The van der Waals surface area contributed by atoms with E-state index < -0.39 is 0 Å². The molecule has 0 unspecified atom stereocenters. The van der Waals surface area contributed by atoms with Gasteiger partial charge in [0.2, 0.25) is 0 Å². The maximum Gasteiger partial charge on any atom is 0.124 e. The fourth-order valence-electron chi connectivity index (χ4n) is 1.95. The molecule has 0 aliphatic heterocycles. The summed E-state index contributed by atoms with van der Waals surface area (Å²) < 4.78 is 10.9. The van der Waals surface area contributed by atoms with Gasteiger partial charge in [0.15, 0.2) is 0 Å². The third-order valence-corrected chi connectivity index (χ3v) is 3.14. The average Bonchev–Trinajstić information content (AvgIpc) is 2.47. The van der Waals surface area contributed by atoms with E-state index in [4.69, 9.17) is 14.7 Å². The van der Waals surface area contributed by atoms with Gasteiger partial charge in [0.05, 0.1) is 18.7 Å². The molecule has 102 valence electrons. The van der Waals surface area contributed by atoms with Crippen LogP contribution in [0.15, 0.2) is 36.4 Å². The molecule has 0 atom stereocenters. The van der Waals surface area contributed by atoms with Gasteiger partial charge in [0.25, 0.3) is 0 Å². The molecule has 0 N–H and O–H groups in total. The van der Waals surface area contributed by atoms with Crippen LogP contribution in [0.3, 0.4) is 0 Å². The Morgan fingerprint density at radius 1 is 1.05 bits per heavy atom. The van der Waals surface area contributed by atoms with Gasteiger partial charge in [-0.05, 0) is 37.1 Å². The Balaban J connectivity index is 2.18. The molecule has 2 aromatic carbocycles. The molecule has 0 bridgehead atoms. The van der Waals surface area contributed by atoms with Crippen LogP contribution in [0.4, 0.5) is 0 Å². The molecular formula is C17H17NO2. The van der Waals surface area contributed by atoms with Crippen molar-refractivity contribution in [1.29, 1.82) is 5.26 Å². The number of aryl methyl sites for hydroxylation is 2. The van der Waals surface area contributed by atoms with Crippen LogP contribution in [-0.4, -0.2) is 7.11 Å². The summed E-state index contributed by atoms with van der Waals surface area (Å²) in [6.07, 6.45) is 0. The fraction of sp³-hybridized carbons (Fsp3) is 0.235. The first-order valence-corrected chi connectivity index (χ1v) is 6.40. The van der Waals surface area contributed by atoms with Crippen LogP contribution >= 0.6 is 0 Å². The highest BCUT2D eigenvalue weighted by Gasteiger charge is 2.04. The number of nitrogens with zero attached hydrogens (tertiary/aromatic N) is 1. The van der Waals surface area contributed by atoms with Crippen LogP contribution in [0.25, 0.3) is 0 Å². The van der Waals surface area contributed by atoms with Gasteiger partial charge in [-0.1, -0.05) is 23.8 Å². The summed E-state index contributed by atoms with van der Waals surface area (Å²) in [7, 11) is 1.57. The highest BCUT2D eigenvalue weighted by atomic mass is 16.5. The third kappa shape index (κ3) is 3.30. The number of ether oxygens (including phenoxy) is 2. The number of nitriles is 1. The minimum atomic E-state index is 0.478. The summed E-state index contributed by atoms with van der Waals surface area (Å²) in [4.78, 5) is 0. The van der Waals surface area contributed by atoms with Gasteiger partial charge in [-0.15, -0.1) is 0 Å². The Hall–Kier alpha value is -2.47. The number of rotatable bonds is 4. The van der Waals surface area contributed by atoms with Crippen LogP contribution in [0.1, 0.15) is 22.3 Å². The van der Waals surface area contributed by atoms with Crippen LogP contribution in [0.5, 0.6) is 11.5 Å². The van der Waals surface area contributed by atoms with E-state index in [2.05, 4.69) is 38.1 Å². The van der Waals surface area contributed by atoms with Crippen LogP contribution < -0.4 is 9.47 Å². The highest BCUT2D eigenvalue weighted by Crippen LogP contribution is 2.23. The van der Waals surface area contributed by atoms with E-state index in [1.54, 1.807) is 25.3 Å². The molecule has 20 heavy (non-hydrogen) atoms. The van der Waals surface area contributed by atoms with E-state index in [9.17, 15) is 0 Å². The quantitative estimate of drug-likeness (QED) is 0.847. The second-order valence-electron chi connectivity index (χ2n) is 4.73. The van der Waals surface area contributed by atoms with E-state index in [0.717, 1.165) is 5.56 Å². The van der Waals surface area contributed by atoms with Gasteiger partial charge in [-0.3, -0.25) is 0 Å². The van der Waals surface area contributed by atoms with Gasteiger partial charge >= 0.3 is 0 Å². The Bertz CT molecular complexity index is 657. The van der Waals surface area contributed by atoms with Crippen molar-refractivity contribution in [2.45, 2.75) is 20.5 Å². The molecule has 0 saturated heterocycles. The molecule has 0 spiro atoms. The van der Waals surface area contributed by atoms with Crippen LogP contribution in [0, 0.1) is 25.2 Å². The summed E-state index contributed by atoms with van der Waals surface area (Å²) in [6, 6.07) is 13.6. The molecule has 2 aromatic rings. The molecular weight excluding hydrogens is 250 g/mol. The molecule has 3 heteroatoms.